The molecule has 26 heavy (non-hydrogen) atoms. The molecular formula is C18H17ClF2N2O3. The third-order valence-corrected chi connectivity index (χ3v) is 4.73. The Hall–Kier alpha value is -2.09. The molecule has 1 heterocycles. The summed E-state index contributed by atoms with van der Waals surface area (Å²) >= 11 is 5.86. The van der Waals surface area contributed by atoms with E-state index in [1.165, 1.54) is 18.3 Å². The zero-order valence-corrected chi connectivity index (χ0v) is 14.2. The summed E-state index contributed by atoms with van der Waals surface area (Å²) in [6.45, 7) is -3.30. The molecule has 2 atom stereocenters. The van der Waals surface area contributed by atoms with Crippen LogP contribution in [0.15, 0.2) is 36.5 Å². The summed E-state index contributed by atoms with van der Waals surface area (Å²) in [6.07, 6.45) is 0.500. The number of fused-ring (bicyclic) bond motifs is 1. The molecule has 3 rings (SSSR count). The number of pyridine rings is 1. The van der Waals surface area contributed by atoms with Gasteiger partial charge >= 0.3 is 0 Å². The summed E-state index contributed by atoms with van der Waals surface area (Å²) in [7, 11) is 0. The Labute approximate surface area is 156 Å². The van der Waals surface area contributed by atoms with Gasteiger partial charge in [0, 0.05) is 23.3 Å². The molecule has 1 aliphatic carbocycles. The number of nitrogens with one attached hydrogen (secondary N) is 1. The van der Waals surface area contributed by atoms with Gasteiger partial charge in [0.1, 0.15) is 11.4 Å². The highest BCUT2D eigenvalue weighted by Crippen LogP contribution is 2.45. The third kappa shape index (κ3) is 3.18. The molecule has 0 radical (unpaired) electrons. The van der Waals surface area contributed by atoms with Crippen molar-refractivity contribution in [2.45, 2.75) is 30.6 Å². The lowest BCUT2D eigenvalue weighted by Crippen LogP contribution is -2.49. The number of nitrogens with zero attached hydrogens (tertiary/aromatic N) is 1. The highest BCUT2D eigenvalue weighted by atomic mass is 35.5. The summed E-state index contributed by atoms with van der Waals surface area (Å²) in [5.74, 6) is -1.99. The normalized spacial score (nSPS) is 26.5. The van der Waals surface area contributed by atoms with Crippen LogP contribution in [0.4, 0.5) is 8.78 Å². The fourth-order valence-corrected chi connectivity index (χ4v) is 3.15. The fraction of sp³-hybridized carbons (Fsp3) is 0.333. The van der Waals surface area contributed by atoms with Crippen LogP contribution in [0.1, 0.15) is 32.4 Å². The standard InChI is InChI=1S/C18H17ClF2N2O3/c19-14-8-12(20)4-3-11(14)9-23-16(25)18(21)6-5-17(26,10-24)15-13(18)2-1-7-22-15/h1-4,7-8,24,26H,5-6,9-10H2,(H,23,25)/i9D2. The maximum Gasteiger partial charge on any atom is 0.262 e. The van der Waals surface area contributed by atoms with Gasteiger partial charge in [-0.2, -0.15) is 0 Å². The Morgan fingerprint density at radius 3 is 2.88 bits per heavy atom. The van der Waals surface area contributed by atoms with Gasteiger partial charge in [-0.05, 0) is 36.6 Å². The van der Waals surface area contributed by atoms with Crippen molar-refractivity contribution in [1.29, 1.82) is 0 Å². The van der Waals surface area contributed by atoms with Crippen molar-refractivity contribution in [3.05, 3.63) is 64.2 Å². The average Bonchev–Trinajstić information content (AvgIpc) is 2.64. The van der Waals surface area contributed by atoms with Crippen molar-refractivity contribution in [1.82, 2.24) is 10.3 Å². The molecule has 138 valence electrons. The average molecular weight is 385 g/mol. The molecule has 0 aliphatic heterocycles. The topological polar surface area (TPSA) is 82.5 Å². The minimum absolute atomic E-state index is 0.179. The molecule has 3 N–H and O–H groups in total. The minimum Gasteiger partial charge on any atom is -0.393 e. The van der Waals surface area contributed by atoms with E-state index < -0.39 is 42.5 Å². The molecular weight excluding hydrogens is 366 g/mol. The van der Waals surface area contributed by atoms with Crippen LogP contribution in [0.5, 0.6) is 0 Å². The molecule has 1 amide bonds. The van der Waals surface area contributed by atoms with Crippen molar-refractivity contribution >= 4 is 17.5 Å². The molecule has 1 aliphatic rings. The number of alkyl halides is 1. The number of aliphatic hydroxyl groups is 2. The van der Waals surface area contributed by atoms with E-state index in [-0.39, 0.29) is 28.3 Å². The van der Waals surface area contributed by atoms with Crippen LogP contribution in [0.25, 0.3) is 0 Å². The Bertz CT molecular complexity index is 933. The number of benzene rings is 1. The fourth-order valence-electron chi connectivity index (χ4n) is 2.93. The van der Waals surface area contributed by atoms with Crippen LogP contribution >= 0.6 is 11.6 Å². The minimum atomic E-state index is -2.69. The number of carbonyl (C=O) groups excluding carboxylic acids is 1. The summed E-state index contributed by atoms with van der Waals surface area (Å²) in [5.41, 5.74) is -5.16. The molecule has 0 saturated heterocycles. The number of aliphatic hydroxyl groups excluding tert-OH is 1. The molecule has 1 aromatic heterocycles. The first-order valence-electron chi connectivity index (χ1n) is 8.80. The lowest BCUT2D eigenvalue weighted by atomic mass is 9.74. The van der Waals surface area contributed by atoms with Gasteiger partial charge in [-0.3, -0.25) is 9.78 Å². The predicted molar refractivity (Wildman–Crippen MR) is 90.5 cm³/mol. The maximum absolute atomic E-state index is 15.7. The zero-order valence-electron chi connectivity index (χ0n) is 15.5. The van der Waals surface area contributed by atoms with E-state index in [0.29, 0.717) is 0 Å². The van der Waals surface area contributed by atoms with E-state index in [4.69, 9.17) is 14.3 Å². The second kappa shape index (κ2) is 6.90. The number of hydrogen-bond acceptors (Lipinski definition) is 4. The predicted octanol–water partition coefficient (Wildman–Crippen LogP) is 2.33. The second-order valence-electron chi connectivity index (χ2n) is 6.09. The van der Waals surface area contributed by atoms with E-state index in [2.05, 4.69) is 4.98 Å². The van der Waals surface area contributed by atoms with Gasteiger partial charge in [0.2, 0.25) is 5.67 Å². The molecule has 0 spiro atoms. The van der Waals surface area contributed by atoms with E-state index in [0.717, 1.165) is 18.2 Å². The molecule has 8 heteroatoms. The van der Waals surface area contributed by atoms with Crippen molar-refractivity contribution in [2.24, 2.45) is 0 Å². The zero-order chi connectivity index (χ0) is 20.7. The quantitative estimate of drug-likeness (QED) is 0.755. The Kier molecular flexibility index (Phi) is 4.28. The van der Waals surface area contributed by atoms with Crippen molar-refractivity contribution in [2.75, 3.05) is 6.61 Å². The van der Waals surface area contributed by atoms with Crippen molar-refractivity contribution in [3.63, 3.8) is 0 Å². The van der Waals surface area contributed by atoms with Crippen molar-refractivity contribution in [3.8, 4) is 0 Å². The van der Waals surface area contributed by atoms with Gasteiger partial charge in [0.25, 0.3) is 5.91 Å². The summed E-state index contributed by atoms with van der Waals surface area (Å²) in [6, 6.07) is 5.53. The van der Waals surface area contributed by atoms with Crippen molar-refractivity contribution < 1.29 is 26.5 Å². The number of aromatic nitrogens is 1. The Morgan fingerprint density at radius 1 is 1.42 bits per heavy atom. The Morgan fingerprint density at radius 2 is 2.19 bits per heavy atom. The summed E-state index contributed by atoms with van der Waals surface area (Å²) in [5, 5.41) is 21.7. The monoisotopic (exact) mass is 384 g/mol. The van der Waals surface area contributed by atoms with Gasteiger partial charge in [-0.1, -0.05) is 23.7 Å². The largest absolute Gasteiger partial charge is 0.393 e. The number of rotatable bonds is 4. The van der Waals surface area contributed by atoms with Crippen LogP contribution in [-0.4, -0.2) is 27.7 Å². The van der Waals surface area contributed by atoms with Crippen LogP contribution in [-0.2, 0) is 22.6 Å². The van der Waals surface area contributed by atoms with Gasteiger partial charge < -0.3 is 15.5 Å². The number of hydrogen-bond donors (Lipinski definition) is 3. The smallest absolute Gasteiger partial charge is 0.262 e. The summed E-state index contributed by atoms with van der Waals surface area (Å²) < 4.78 is 45.1. The van der Waals surface area contributed by atoms with E-state index in [1.807, 2.05) is 5.32 Å². The molecule has 0 saturated carbocycles. The van der Waals surface area contributed by atoms with Gasteiger partial charge in [0.15, 0.2) is 0 Å². The number of amides is 1. The van der Waals surface area contributed by atoms with Crippen LogP contribution in [0, 0.1) is 5.82 Å². The van der Waals surface area contributed by atoms with Crippen LogP contribution < -0.4 is 5.32 Å². The van der Waals surface area contributed by atoms with Crippen LogP contribution in [0.3, 0.4) is 0 Å². The number of carbonyl (C=O) groups is 1. The highest BCUT2D eigenvalue weighted by Gasteiger charge is 2.51. The number of halogens is 3. The molecule has 0 bridgehead atoms. The molecule has 1 aromatic carbocycles. The van der Waals surface area contributed by atoms with Gasteiger partial charge in [-0.15, -0.1) is 0 Å². The van der Waals surface area contributed by atoms with E-state index in [1.54, 1.807) is 0 Å². The van der Waals surface area contributed by atoms with E-state index in [9.17, 15) is 19.4 Å². The Balaban J connectivity index is 1.97. The first-order valence-corrected chi connectivity index (χ1v) is 8.17. The van der Waals surface area contributed by atoms with E-state index >= 15 is 4.39 Å². The molecule has 0 fully saturated rings. The lowest BCUT2D eigenvalue weighted by Gasteiger charge is -2.38. The maximum atomic E-state index is 15.7. The third-order valence-electron chi connectivity index (χ3n) is 4.42. The molecule has 2 unspecified atom stereocenters. The first-order chi connectivity index (χ1) is 13.0. The second-order valence-corrected chi connectivity index (χ2v) is 6.50. The van der Waals surface area contributed by atoms with Crippen LogP contribution in [0.2, 0.25) is 5.02 Å². The van der Waals surface area contributed by atoms with Gasteiger partial charge in [0.05, 0.1) is 15.0 Å². The molecule has 5 nitrogen and oxygen atoms in total. The highest BCUT2D eigenvalue weighted by molar-refractivity contribution is 6.31. The molecule has 2 aromatic rings. The first kappa shape index (κ1) is 16.1. The SMILES string of the molecule is [2H]C([2H])(NC(=O)C1(F)CCC(O)(CO)c2ncccc21)c1ccc(F)cc1Cl. The summed E-state index contributed by atoms with van der Waals surface area (Å²) in [4.78, 5) is 16.6. The van der Waals surface area contributed by atoms with Gasteiger partial charge in [-0.25, -0.2) is 8.78 Å². The lowest BCUT2D eigenvalue weighted by molar-refractivity contribution is -0.138.